The molecule has 0 saturated carbocycles. The molecule has 0 radical (unpaired) electrons. The normalized spacial score (nSPS) is 17.8. The molecule has 1 saturated heterocycles. The molecule has 138 valence electrons. The van der Waals surface area contributed by atoms with E-state index >= 15 is 0 Å². The number of nitrogens with one attached hydrogen (secondary N) is 1. The summed E-state index contributed by atoms with van der Waals surface area (Å²) in [4.78, 5) is 26.6. The summed E-state index contributed by atoms with van der Waals surface area (Å²) in [5.41, 5.74) is -0.0375. The second-order valence-corrected chi connectivity index (χ2v) is 7.43. The molecule has 25 heavy (non-hydrogen) atoms. The summed E-state index contributed by atoms with van der Waals surface area (Å²) in [6.45, 7) is 5.94. The van der Waals surface area contributed by atoms with Gasteiger partial charge in [-0.3, -0.25) is 9.69 Å². The molecule has 1 N–H and O–H groups in total. The standard InChI is InChI=1S/C18H25ClN2O4/c1-18(2,3)25-17(23)21-10-6-5-7-14(21)16(22)20-12-8-9-15(24-4)13(19)11-12/h8-9,11,14H,5-7,10H2,1-4H3,(H,20,22). The molecule has 6 nitrogen and oxygen atoms in total. The van der Waals surface area contributed by atoms with Crippen LogP contribution in [0.4, 0.5) is 10.5 Å². The van der Waals surface area contributed by atoms with Crippen LogP contribution < -0.4 is 10.1 Å². The van der Waals surface area contributed by atoms with E-state index in [0.717, 1.165) is 12.8 Å². The number of amides is 2. The molecule has 0 spiro atoms. The van der Waals surface area contributed by atoms with Gasteiger partial charge in [0.2, 0.25) is 5.91 Å². The van der Waals surface area contributed by atoms with Crippen molar-refractivity contribution in [2.24, 2.45) is 0 Å². The lowest BCUT2D eigenvalue weighted by atomic mass is 10.0. The first-order valence-electron chi connectivity index (χ1n) is 8.35. The maximum Gasteiger partial charge on any atom is 0.410 e. The Kier molecular flexibility index (Phi) is 6.16. The largest absolute Gasteiger partial charge is 0.495 e. The second-order valence-electron chi connectivity index (χ2n) is 7.02. The van der Waals surface area contributed by atoms with Crippen LogP contribution in [0.2, 0.25) is 5.02 Å². The molecule has 1 aromatic carbocycles. The van der Waals surface area contributed by atoms with Crippen LogP contribution >= 0.6 is 11.6 Å². The predicted octanol–water partition coefficient (Wildman–Crippen LogP) is 4.08. The third kappa shape index (κ3) is 5.26. The first-order valence-corrected chi connectivity index (χ1v) is 8.73. The minimum Gasteiger partial charge on any atom is -0.495 e. The van der Waals surface area contributed by atoms with E-state index in [9.17, 15) is 9.59 Å². The van der Waals surface area contributed by atoms with Crippen molar-refractivity contribution >= 4 is 29.3 Å². The average Bonchev–Trinajstić information content (AvgIpc) is 2.53. The van der Waals surface area contributed by atoms with Crippen molar-refractivity contribution in [3.8, 4) is 5.75 Å². The van der Waals surface area contributed by atoms with Crippen molar-refractivity contribution < 1.29 is 19.1 Å². The lowest BCUT2D eigenvalue weighted by Gasteiger charge is -2.35. The van der Waals surface area contributed by atoms with Gasteiger partial charge >= 0.3 is 6.09 Å². The van der Waals surface area contributed by atoms with Gasteiger partial charge in [0.25, 0.3) is 0 Å². The van der Waals surface area contributed by atoms with Gasteiger partial charge in [0, 0.05) is 12.2 Å². The summed E-state index contributed by atoms with van der Waals surface area (Å²) >= 11 is 6.09. The highest BCUT2D eigenvalue weighted by Crippen LogP contribution is 2.28. The first kappa shape index (κ1) is 19.4. The number of likely N-dealkylation sites (tertiary alicyclic amines) is 1. The highest BCUT2D eigenvalue weighted by atomic mass is 35.5. The van der Waals surface area contributed by atoms with E-state index < -0.39 is 17.7 Å². The van der Waals surface area contributed by atoms with Crippen LogP contribution in [-0.2, 0) is 9.53 Å². The van der Waals surface area contributed by atoms with Gasteiger partial charge in [-0.25, -0.2) is 4.79 Å². The summed E-state index contributed by atoms with van der Waals surface area (Å²) in [6.07, 6.45) is 1.90. The number of anilines is 1. The van der Waals surface area contributed by atoms with E-state index in [1.54, 1.807) is 18.2 Å². The van der Waals surface area contributed by atoms with Crippen molar-refractivity contribution in [1.29, 1.82) is 0 Å². The number of halogens is 1. The number of carbonyl (C=O) groups is 2. The lowest BCUT2D eigenvalue weighted by molar-refractivity contribution is -0.122. The van der Waals surface area contributed by atoms with Gasteiger partial charge in [-0.1, -0.05) is 11.6 Å². The van der Waals surface area contributed by atoms with Crippen molar-refractivity contribution in [2.45, 2.75) is 51.7 Å². The number of nitrogens with zero attached hydrogens (tertiary/aromatic N) is 1. The van der Waals surface area contributed by atoms with Crippen LogP contribution in [0.15, 0.2) is 18.2 Å². The van der Waals surface area contributed by atoms with Gasteiger partial charge < -0.3 is 14.8 Å². The molecule has 1 atom stereocenters. The summed E-state index contributed by atoms with van der Waals surface area (Å²) in [5.74, 6) is 0.291. The number of hydrogen-bond donors (Lipinski definition) is 1. The van der Waals surface area contributed by atoms with Gasteiger partial charge in [0.15, 0.2) is 0 Å². The molecular weight excluding hydrogens is 344 g/mol. The van der Waals surface area contributed by atoms with Gasteiger partial charge in [0.05, 0.1) is 12.1 Å². The Labute approximate surface area is 153 Å². The fourth-order valence-electron chi connectivity index (χ4n) is 2.71. The summed E-state index contributed by atoms with van der Waals surface area (Å²) in [7, 11) is 1.53. The van der Waals surface area contributed by atoms with E-state index in [0.29, 0.717) is 29.4 Å². The summed E-state index contributed by atoms with van der Waals surface area (Å²) < 4.78 is 10.5. The smallest absolute Gasteiger partial charge is 0.410 e. The minimum atomic E-state index is -0.598. The fraction of sp³-hybridized carbons (Fsp3) is 0.556. The minimum absolute atomic E-state index is 0.244. The summed E-state index contributed by atoms with van der Waals surface area (Å²) in [5, 5.41) is 3.23. The number of methoxy groups -OCH3 is 1. The van der Waals surface area contributed by atoms with Crippen LogP contribution in [-0.4, -0.2) is 42.2 Å². The zero-order valence-corrected chi connectivity index (χ0v) is 15.9. The van der Waals surface area contributed by atoms with Crippen LogP contribution in [0.5, 0.6) is 5.75 Å². The van der Waals surface area contributed by atoms with Crippen LogP contribution in [0.1, 0.15) is 40.0 Å². The van der Waals surface area contributed by atoms with Gasteiger partial charge in [-0.2, -0.15) is 0 Å². The maximum atomic E-state index is 12.7. The van der Waals surface area contributed by atoms with Gasteiger partial charge in [-0.15, -0.1) is 0 Å². The van der Waals surface area contributed by atoms with E-state index in [1.165, 1.54) is 12.0 Å². The molecule has 0 aliphatic carbocycles. The molecule has 1 fully saturated rings. The molecule has 2 amide bonds. The van der Waals surface area contributed by atoms with Crippen LogP contribution in [0.3, 0.4) is 0 Å². The number of benzene rings is 1. The van der Waals surface area contributed by atoms with Crippen molar-refractivity contribution in [3.05, 3.63) is 23.2 Å². The van der Waals surface area contributed by atoms with Gasteiger partial charge in [0.1, 0.15) is 17.4 Å². The lowest BCUT2D eigenvalue weighted by Crippen LogP contribution is -2.51. The van der Waals surface area contributed by atoms with Crippen LogP contribution in [0, 0.1) is 0 Å². The second kappa shape index (κ2) is 7.95. The molecule has 1 aliphatic heterocycles. The number of piperidine rings is 1. The third-order valence-corrected chi connectivity index (χ3v) is 4.15. The third-order valence-electron chi connectivity index (χ3n) is 3.85. The Bertz CT molecular complexity index is 642. The maximum absolute atomic E-state index is 12.7. The quantitative estimate of drug-likeness (QED) is 0.872. The Morgan fingerprint density at radius 1 is 1.28 bits per heavy atom. The van der Waals surface area contributed by atoms with Gasteiger partial charge in [-0.05, 0) is 58.2 Å². The Morgan fingerprint density at radius 2 is 2.00 bits per heavy atom. The first-order chi connectivity index (χ1) is 11.7. The molecular formula is C18H25ClN2O4. The molecule has 7 heteroatoms. The highest BCUT2D eigenvalue weighted by Gasteiger charge is 2.34. The Hall–Kier alpha value is -1.95. The monoisotopic (exact) mass is 368 g/mol. The molecule has 1 aliphatic rings. The zero-order valence-electron chi connectivity index (χ0n) is 15.1. The summed E-state index contributed by atoms with van der Waals surface area (Å²) in [6, 6.07) is 4.47. The van der Waals surface area contributed by atoms with E-state index in [1.807, 2.05) is 20.8 Å². The van der Waals surface area contributed by atoms with Crippen LogP contribution in [0.25, 0.3) is 0 Å². The SMILES string of the molecule is COc1ccc(NC(=O)C2CCCCN2C(=O)OC(C)(C)C)cc1Cl. The van der Waals surface area contributed by atoms with Crippen molar-refractivity contribution in [3.63, 3.8) is 0 Å². The van der Waals surface area contributed by atoms with E-state index in [2.05, 4.69) is 5.32 Å². The molecule has 1 aromatic rings. The molecule has 2 rings (SSSR count). The predicted molar refractivity (Wildman–Crippen MR) is 97.2 cm³/mol. The van der Waals surface area contributed by atoms with E-state index in [-0.39, 0.29) is 5.91 Å². The highest BCUT2D eigenvalue weighted by molar-refractivity contribution is 6.32. The van der Waals surface area contributed by atoms with Crippen molar-refractivity contribution in [1.82, 2.24) is 4.90 Å². The topological polar surface area (TPSA) is 67.9 Å². The molecule has 0 bridgehead atoms. The number of carbonyl (C=O) groups excluding carboxylic acids is 2. The zero-order chi connectivity index (χ0) is 18.6. The Morgan fingerprint density at radius 3 is 2.60 bits per heavy atom. The fourth-order valence-corrected chi connectivity index (χ4v) is 2.97. The number of hydrogen-bond acceptors (Lipinski definition) is 4. The average molecular weight is 369 g/mol. The number of ether oxygens (including phenoxy) is 2. The number of rotatable bonds is 3. The molecule has 0 aromatic heterocycles. The Balaban J connectivity index is 2.09. The van der Waals surface area contributed by atoms with Crippen molar-refractivity contribution in [2.75, 3.05) is 19.0 Å². The molecule has 1 heterocycles. The van der Waals surface area contributed by atoms with E-state index in [4.69, 9.17) is 21.1 Å². The molecule has 1 unspecified atom stereocenters.